The minimum Gasteiger partial charge on any atom is -0.482 e. The van der Waals surface area contributed by atoms with Gasteiger partial charge in [-0.1, -0.05) is 36.4 Å². The Morgan fingerprint density at radius 1 is 1.12 bits per heavy atom. The first-order valence-electron chi connectivity index (χ1n) is 7.63. The minimum absolute atomic E-state index is 0.0556. The van der Waals surface area contributed by atoms with Gasteiger partial charge in [0.25, 0.3) is 0 Å². The summed E-state index contributed by atoms with van der Waals surface area (Å²) in [6.45, 7) is -0.380. The van der Waals surface area contributed by atoms with Crippen LogP contribution in [0.5, 0.6) is 0 Å². The molecule has 0 fully saturated rings. The molecule has 0 bridgehead atoms. The van der Waals surface area contributed by atoms with Crippen LogP contribution >= 0.6 is 0 Å². The van der Waals surface area contributed by atoms with Gasteiger partial charge in [0.05, 0.1) is 0 Å². The summed E-state index contributed by atoms with van der Waals surface area (Å²) >= 11 is 0. The second-order valence-corrected chi connectivity index (χ2v) is 5.61. The summed E-state index contributed by atoms with van der Waals surface area (Å²) in [7, 11) is 0. The van der Waals surface area contributed by atoms with Gasteiger partial charge in [-0.2, -0.15) is 0 Å². The molecule has 5 nitrogen and oxygen atoms in total. The lowest BCUT2D eigenvalue weighted by molar-refractivity contribution is -0.122. The van der Waals surface area contributed by atoms with Crippen molar-refractivity contribution in [1.82, 2.24) is 0 Å². The average molecular weight is 322 g/mol. The van der Waals surface area contributed by atoms with E-state index in [1.54, 1.807) is 18.2 Å². The van der Waals surface area contributed by atoms with Crippen LogP contribution in [0.15, 0.2) is 70.9 Å². The Hall–Kier alpha value is -3.08. The summed E-state index contributed by atoms with van der Waals surface area (Å²) in [4.78, 5) is 24.2. The highest BCUT2D eigenvalue weighted by Crippen LogP contribution is 2.28. The van der Waals surface area contributed by atoms with Crippen LogP contribution in [0.3, 0.4) is 0 Å². The van der Waals surface area contributed by atoms with Crippen LogP contribution in [0.1, 0.15) is 10.6 Å². The number of carbonyl (C=O) groups excluding carboxylic acids is 2. The summed E-state index contributed by atoms with van der Waals surface area (Å²) in [6.07, 6.45) is 9.25. The van der Waals surface area contributed by atoms with E-state index in [9.17, 15) is 9.59 Å². The highest BCUT2D eigenvalue weighted by Gasteiger charge is 2.30. The maximum Gasteiger partial charge on any atom is 0.374 e. The first-order chi connectivity index (χ1) is 11.7. The van der Waals surface area contributed by atoms with Gasteiger partial charge in [0.15, 0.2) is 12.4 Å². The molecule has 24 heavy (non-hydrogen) atoms. The third kappa shape index (κ3) is 2.65. The molecule has 1 aliphatic heterocycles. The van der Waals surface area contributed by atoms with E-state index in [-0.39, 0.29) is 35.9 Å². The molecule has 0 N–H and O–H groups in total. The largest absolute Gasteiger partial charge is 0.482 e. The maximum absolute atomic E-state index is 12.1. The zero-order valence-corrected chi connectivity index (χ0v) is 12.7. The van der Waals surface area contributed by atoms with Crippen molar-refractivity contribution in [2.45, 2.75) is 6.10 Å². The van der Waals surface area contributed by atoms with E-state index >= 15 is 0 Å². The number of rotatable bonds is 4. The van der Waals surface area contributed by atoms with E-state index in [4.69, 9.17) is 13.9 Å². The van der Waals surface area contributed by atoms with Crippen molar-refractivity contribution in [2.75, 3.05) is 6.61 Å². The molecule has 5 heteroatoms. The normalized spacial score (nSPS) is 21.2. The molecule has 120 valence electrons. The topological polar surface area (TPSA) is 65.7 Å². The van der Waals surface area contributed by atoms with Crippen LogP contribution in [-0.2, 0) is 14.3 Å². The number of ether oxygens (including phenoxy) is 2. The van der Waals surface area contributed by atoms with E-state index in [0.29, 0.717) is 5.58 Å². The van der Waals surface area contributed by atoms with Crippen molar-refractivity contribution in [3.63, 3.8) is 0 Å². The summed E-state index contributed by atoms with van der Waals surface area (Å²) in [6, 6.07) is 8.86. The molecule has 2 aliphatic rings. The fourth-order valence-corrected chi connectivity index (χ4v) is 2.75. The van der Waals surface area contributed by atoms with Gasteiger partial charge in [-0.15, -0.1) is 0 Å². The molecule has 2 unspecified atom stereocenters. The lowest BCUT2D eigenvalue weighted by Crippen LogP contribution is -2.18. The van der Waals surface area contributed by atoms with Crippen LogP contribution < -0.4 is 0 Å². The van der Waals surface area contributed by atoms with E-state index < -0.39 is 5.97 Å². The maximum atomic E-state index is 12.1. The number of hydrogen-bond acceptors (Lipinski definition) is 5. The van der Waals surface area contributed by atoms with Crippen molar-refractivity contribution >= 4 is 22.7 Å². The average Bonchev–Trinajstić information content (AvgIpc) is 3.23. The zero-order chi connectivity index (χ0) is 16.5. The molecule has 0 spiro atoms. The number of hydrogen-bond donors (Lipinski definition) is 0. The smallest absolute Gasteiger partial charge is 0.374 e. The van der Waals surface area contributed by atoms with Gasteiger partial charge in [0, 0.05) is 11.3 Å². The van der Waals surface area contributed by atoms with Gasteiger partial charge in [0.1, 0.15) is 11.7 Å². The Balaban J connectivity index is 1.39. The Labute approximate surface area is 137 Å². The first-order valence-corrected chi connectivity index (χ1v) is 7.63. The molecule has 0 amide bonds. The summed E-state index contributed by atoms with van der Waals surface area (Å²) in [5, 5.41) is 0.806. The van der Waals surface area contributed by atoms with Gasteiger partial charge in [-0.05, 0) is 24.3 Å². The molecule has 2 heterocycles. The van der Waals surface area contributed by atoms with Crippen molar-refractivity contribution in [2.24, 2.45) is 5.92 Å². The van der Waals surface area contributed by atoms with Crippen molar-refractivity contribution in [3.05, 3.63) is 72.2 Å². The SMILES string of the molecule is O=C(COC(=O)c1cc2ccccc2o1)C1=CC2C=CC=CC2O1. The van der Waals surface area contributed by atoms with E-state index in [1.807, 2.05) is 42.5 Å². The van der Waals surface area contributed by atoms with Crippen LogP contribution in [0.2, 0.25) is 0 Å². The zero-order valence-electron chi connectivity index (χ0n) is 12.7. The summed E-state index contributed by atoms with van der Waals surface area (Å²) < 4.78 is 16.0. The molecule has 1 aromatic carbocycles. The fourth-order valence-electron chi connectivity index (χ4n) is 2.75. The number of benzene rings is 1. The molecule has 2 aromatic rings. The highest BCUT2D eigenvalue weighted by molar-refractivity contribution is 5.98. The van der Waals surface area contributed by atoms with E-state index in [2.05, 4.69) is 0 Å². The number of Topliss-reactive ketones (excluding diaryl/α,β-unsaturated/α-hetero) is 1. The number of allylic oxidation sites excluding steroid dienone is 2. The fraction of sp³-hybridized carbons (Fsp3) is 0.158. The quantitative estimate of drug-likeness (QED) is 0.809. The number of furan rings is 1. The van der Waals surface area contributed by atoms with E-state index in [1.165, 1.54) is 0 Å². The molecule has 1 aliphatic carbocycles. The van der Waals surface area contributed by atoms with Crippen LogP contribution in [0, 0.1) is 5.92 Å². The Bertz CT molecular complexity index is 866. The molecule has 0 saturated carbocycles. The van der Waals surface area contributed by atoms with Gasteiger partial charge >= 0.3 is 5.97 Å². The molecule has 0 saturated heterocycles. The monoisotopic (exact) mass is 322 g/mol. The Morgan fingerprint density at radius 3 is 2.79 bits per heavy atom. The van der Waals surface area contributed by atoms with Gasteiger partial charge < -0.3 is 13.9 Å². The summed E-state index contributed by atoms with van der Waals surface area (Å²) in [5.41, 5.74) is 0.597. The van der Waals surface area contributed by atoms with Crippen LogP contribution in [-0.4, -0.2) is 24.5 Å². The molecular formula is C19H14O5. The molecule has 0 radical (unpaired) electrons. The second-order valence-electron chi connectivity index (χ2n) is 5.61. The highest BCUT2D eigenvalue weighted by atomic mass is 16.6. The molecular weight excluding hydrogens is 308 g/mol. The predicted octanol–water partition coefficient (Wildman–Crippen LogP) is 3.18. The van der Waals surface area contributed by atoms with Crippen LogP contribution in [0.25, 0.3) is 11.0 Å². The van der Waals surface area contributed by atoms with Gasteiger partial charge in [0.2, 0.25) is 11.5 Å². The minimum atomic E-state index is -0.671. The number of esters is 1. The van der Waals surface area contributed by atoms with Crippen LogP contribution in [0.4, 0.5) is 0 Å². The number of ketones is 1. The third-order valence-electron chi connectivity index (χ3n) is 3.97. The Morgan fingerprint density at radius 2 is 1.96 bits per heavy atom. The van der Waals surface area contributed by atoms with Gasteiger partial charge in [-0.25, -0.2) is 4.79 Å². The number of para-hydroxylation sites is 1. The number of fused-ring (bicyclic) bond motifs is 2. The second kappa shape index (κ2) is 5.85. The predicted molar refractivity (Wildman–Crippen MR) is 86.2 cm³/mol. The summed E-state index contributed by atoms with van der Waals surface area (Å²) in [5.74, 6) is -0.672. The molecule has 4 rings (SSSR count). The number of carbonyl (C=O) groups is 2. The lowest BCUT2D eigenvalue weighted by Gasteiger charge is -2.14. The first kappa shape index (κ1) is 14.5. The molecule has 1 aromatic heterocycles. The lowest BCUT2D eigenvalue weighted by atomic mass is 9.99. The van der Waals surface area contributed by atoms with Crippen molar-refractivity contribution < 1.29 is 23.5 Å². The van der Waals surface area contributed by atoms with Gasteiger partial charge in [-0.3, -0.25) is 4.79 Å². The standard InChI is InChI=1S/C19H14O5/c20-14(17-9-12-5-1-3-7-15(12)23-17)11-22-19(21)18-10-13-6-2-4-8-16(13)24-18/h1-10,12,15H,11H2. The van der Waals surface area contributed by atoms with Crippen molar-refractivity contribution in [3.8, 4) is 0 Å². The third-order valence-corrected chi connectivity index (χ3v) is 3.97. The molecule has 2 atom stereocenters. The van der Waals surface area contributed by atoms with Crippen molar-refractivity contribution in [1.29, 1.82) is 0 Å². The van der Waals surface area contributed by atoms with E-state index in [0.717, 1.165) is 5.39 Å². The Kier molecular flexibility index (Phi) is 3.54.